The number of hydrogen-bond donors (Lipinski definition) is 1. The van der Waals surface area contributed by atoms with Crippen molar-refractivity contribution < 1.29 is 22.8 Å². The summed E-state index contributed by atoms with van der Waals surface area (Å²) in [4.78, 5) is 32.3. The number of benzene rings is 1. The molecule has 0 amide bonds. The second kappa shape index (κ2) is 6.07. The number of alkyl halides is 3. The molecule has 25 heavy (non-hydrogen) atoms. The highest BCUT2D eigenvalue weighted by atomic mass is 79.9. The Bertz CT molecular complexity index is 938. The average molecular weight is 412 g/mol. The van der Waals surface area contributed by atoms with Gasteiger partial charge in [-0.25, -0.2) is 9.97 Å². The van der Waals surface area contributed by atoms with E-state index in [1.807, 2.05) is 0 Å². The van der Waals surface area contributed by atoms with E-state index in [-0.39, 0.29) is 32.7 Å². The molecule has 2 aromatic rings. The van der Waals surface area contributed by atoms with Gasteiger partial charge in [-0.1, -0.05) is 0 Å². The first-order valence-electron chi connectivity index (χ1n) is 6.94. The molecule has 1 N–H and O–H groups in total. The number of nitrogens with one attached hydrogen (secondary N) is 1. The second-order valence-electron chi connectivity index (χ2n) is 5.28. The van der Waals surface area contributed by atoms with Crippen LogP contribution < -0.4 is 5.32 Å². The Morgan fingerprint density at radius 2 is 1.88 bits per heavy atom. The third-order valence-electron chi connectivity index (χ3n) is 3.62. The van der Waals surface area contributed by atoms with Gasteiger partial charge in [0, 0.05) is 11.9 Å². The Hall–Kier alpha value is -2.55. The van der Waals surface area contributed by atoms with Crippen LogP contribution in [0.2, 0.25) is 0 Å². The van der Waals surface area contributed by atoms with Gasteiger partial charge < -0.3 is 5.32 Å². The summed E-state index contributed by atoms with van der Waals surface area (Å²) in [6.45, 7) is 1.31. The van der Waals surface area contributed by atoms with Crippen LogP contribution in [0.1, 0.15) is 32.0 Å². The van der Waals surface area contributed by atoms with Gasteiger partial charge in [-0.3, -0.25) is 9.59 Å². The van der Waals surface area contributed by atoms with Crippen LogP contribution in [0.4, 0.5) is 18.9 Å². The van der Waals surface area contributed by atoms with E-state index in [2.05, 4.69) is 31.2 Å². The van der Waals surface area contributed by atoms with Crippen molar-refractivity contribution in [2.75, 3.05) is 5.32 Å². The van der Waals surface area contributed by atoms with Gasteiger partial charge in [0.2, 0.25) is 11.6 Å². The number of allylic oxidation sites excluding steroid dienone is 2. The number of hydrogen-bond acceptors (Lipinski definition) is 5. The van der Waals surface area contributed by atoms with Crippen molar-refractivity contribution in [3.8, 4) is 0 Å². The van der Waals surface area contributed by atoms with Gasteiger partial charge in [-0.05, 0) is 46.6 Å². The molecule has 128 valence electrons. The van der Waals surface area contributed by atoms with Gasteiger partial charge in [0.05, 0.1) is 15.6 Å². The lowest BCUT2D eigenvalue weighted by Crippen LogP contribution is -2.25. The first-order valence-corrected chi connectivity index (χ1v) is 7.73. The van der Waals surface area contributed by atoms with Crippen LogP contribution in [0.3, 0.4) is 0 Å². The van der Waals surface area contributed by atoms with Crippen LogP contribution in [-0.2, 0) is 6.18 Å². The van der Waals surface area contributed by atoms with Gasteiger partial charge in [-0.15, -0.1) is 0 Å². The second-order valence-corrected chi connectivity index (χ2v) is 6.08. The molecule has 0 unspecified atom stereocenters. The average Bonchev–Trinajstić information content (AvgIpc) is 2.55. The monoisotopic (exact) mass is 411 g/mol. The number of halogens is 4. The van der Waals surface area contributed by atoms with Crippen molar-refractivity contribution in [2.45, 2.75) is 13.1 Å². The molecule has 3 rings (SSSR count). The van der Waals surface area contributed by atoms with Gasteiger partial charge in [-0.2, -0.15) is 13.2 Å². The van der Waals surface area contributed by atoms with Gasteiger partial charge in [0.25, 0.3) is 0 Å². The molecule has 1 heterocycles. The molecule has 0 spiro atoms. The van der Waals surface area contributed by atoms with Crippen molar-refractivity contribution in [3.05, 3.63) is 63.3 Å². The normalized spacial score (nSPS) is 14.6. The molecular formula is C16H9BrF3N3O2. The summed E-state index contributed by atoms with van der Waals surface area (Å²) in [5.74, 6) is -1.04. The zero-order valence-electron chi connectivity index (χ0n) is 12.6. The number of Topliss-reactive ketones (excluding diaryl/α,β-unsaturated/α-hetero) is 2. The van der Waals surface area contributed by atoms with Gasteiger partial charge >= 0.3 is 6.18 Å². The highest BCUT2D eigenvalue weighted by Gasteiger charge is 2.34. The summed E-state index contributed by atoms with van der Waals surface area (Å²) in [5, 5.41) is 2.71. The minimum Gasteiger partial charge on any atom is -0.351 e. The summed E-state index contributed by atoms with van der Waals surface area (Å²) >= 11 is 3.06. The minimum atomic E-state index is -4.46. The lowest BCUT2D eigenvalue weighted by Gasteiger charge is -2.19. The molecule has 0 saturated carbocycles. The predicted molar refractivity (Wildman–Crippen MR) is 86.4 cm³/mol. The quantitative estimate of drug-likeness (QED) is 0.810. The van der Waals surface area contributed by atoms with E-state index in [0.717, 1.165) is 12.4 Å². The van der Waals surface area contributed by atoms with Gasteiger partial charge in [0.15, 0.2) is 0 Å². The zero-order chi connectivity index (χ0) is 18.4. The molecule has 0 aliphatic heterocycles. The maximum absolute atomic E-state index is 12.8. The number of carbonyl (C=O) groups excluding carboxylic acids is 2. The molecular weight excluding hydrogens is 403 g/mol. The van der Waals surface area contributed by atoms with E-state index in [1.54, 1.807) is 0 Å². The first-order chi connectivity index (χ1) is 11.7. The lowest BCUT2D eigenvalue weighted by atomic mass is 9.98. The Morgan fingerprint density at radius 3 is 2.52 bits per heavy atom. The summed E-state index contributed by atoms with van der Waals surface area (Å²) < 4.78 is 38.4. The zero-order valence-corrected chi connectivity index (χ0v) is 14.2. The third kappa shape index (κ3) is 3.07. The summed E-state index contributed by atoms with van der Waals surface area (Å²) in [5.41, 5.74) is -0.600. The van der Waals surface area contributed by atoms with Crippen molar-refractivity contribution in [1.29, 1.82) is 0 Å². The molecule has 9 heteroatoms. The SMILES string of the molecule is Cc1cc(NC2=C(Br)C(=O)c3ncncc3C2=O)ccc1C(F)(F)F. The summed E-state index contributed by atoms with van der Waals surface area (Å²) in [6, 6.07) is 3.36. The molecule has 0 atom stereocenters. The number of rotatable bonds is 2. The molecule has 0 saturated heterocycles. The number of ketones is 2. The number of fused-ring (bicyclic) bond motifs is 1. The molecule has 1 aliphatic rings. The van der Waals surface area contributed by atoms with Crippen LogP contribution in [0.15, 0.2) is 40.9 Å². The van der Waals surface area contributed by atoms with E-state index >= 15 is 0 Å². The maximum Gasteiger partial charge on any atom is 0.416 e. The van der Waals surface area contributed by atoms with E-state index in [9.17, 15) is 22.8 Å². The summed E-state index contributed by atoms with van der Waals surface area (Å²) in [6.07, 6.45) is -2.08. The number of aromatic nitrogens is 2. The van der Waals surface area contributed by atoms with E-state index in [0.29, 0.717) is 0 Å². The van der Waals surface area contributed by atoms with Gasteiger partial charge in [0.1, 0.15) is 17.7 Å². The molecule has 0 bridgehead atoms. The van der Waals surface area contributed by atoms with Crippen LogP contribution in [0, 0.1) is 6.92 Å². The van der Waals surface area contributed by atoms with Crippen LogP contribution in [-0.4, -0.2) is 21.5 Å². The van der Waals surface area contributed by atoms with E-state index in [1.165, 1.54) is 25.3 Å². The molecule has 1 aromatic heterocycles. The van der Waals surface area contributed by atoms with Crippen molar-refractivity contribution >= 4 is 33.2 Å². The number of anilines is 1. The summed E-state index contributed by atoms with van der Waals surface area (Å²) in [7, 11) is 0. The fourth-order valence-corrected chi connectivity index (χ4v) is 2.91. The first kappa shape index (κ1) is 17.3. The van der Waals surface area contributed by atoms with Crippen molar-refractivity contribution in [1.82, 2.24) is 9.97 Å². The minimum absolute atomic E-state index is 0.00691. The van der Waals surface area contributed by atoms with Crippen LogP contribution in [0.5, 0.6) is 0 Å². The smallest absolute Gasteiger partial charge is 0.351 e. The highest BCUT2D eigenvalue weighted by molar-refractivity contribution is 9.12. The van der Waals surface area contributed by atoms with Crippen molar-refractivity contribution in [3.63, 3.8) is 0 Å². The fraction of sp³-hybridized carbons (Fsp3) is 0.125. The fourth-order valence-electron chi connectivity index (χ4n) is 2.44. The molecule has 1 aliphatic carbocycles. The maximum atomic E-state index is 12.8. The Kier molecular flexibility index (Phi) is 4.19. The van der Waals surface area contributed by atoms with Crippen molar-refractivity contribution in [2.24, 2.45) is 0 Å². The number of aryl methyl sites for hydroxylation is 1. The number of nitrogens with zero attached hydrogens (tertiary/aromatic N) is 2. The molecule has 5 nitrogen and oxygen atoms in total. The van der Waals surface area contributed by atoms with E-state index in [4.69, 9.17) is 0 Å². The lowest BCUT2D eigenvalue weighted by molar-refractivity contribution is -0.138. The Morgan fingerprint density at radius 1 is 1.16 bits per heavy atom. The number of carbonyl (C=O) groups is 2. The van der Waals surface area contributed by atoms with Crippen LogP contribution in [0.25, 0.3) is 0 Å². The Labute approximate surface area is 148 Å². The van der Waals surface area contributed by atoms with Crippen LogP contribution >= 0.6 is 15.9 Å². The molecule has 1 aromatic carbocycles. The standard InChI is InChI=1S/C16H9BrF3N3O2/c1-7-4-8(2-3-10(7)16(18,19)20)23-13-11(17)15(25)12-9(14(13)24)5-21-6-22-12/h2-6,23H,1H3. The predicted octanol–water partition coefficient (Wildman–Crippen LogP) is 3.90. The Balaban J connectivity index is 1.98. The largest absolute Gasteiger partial charge is 0.416 e. The topological polar surface area (TPSA) is 72.0 Å². The van der Waals surface area contributed by atoms with E-state index < -0.39 is 23.3 Å². The highest BCUT2D eigenvalue weighted by Crippen LogP contribution is 2.34. The molecule has 0 fully saturated rings. The third-order valence-corrected chi connectivity index (χ3v) is 4.38. The molecule has 0 radical (unpaired) electrons.